The minimum Gasteiger partial charge on any atom is -0.452 e. The van der Waals surface area contributed by atoms with E-state index in [4.69, 9.17) is 11.6 Å². The molecule has 76 valence electrons. The predicted octanol–water partition coefficient (Wildman–Crippen LogP) is 2.93. The second-order valence-electron chi connectivity index (χ2n) is 2.69. The summed E-state index contributed by atoms with van der Waals surface area (Å²) in [4.78, 5) is 12.8. The van der Waals surface area contributed by atoms with E-state index in [1.165, 1.54) is 12.0 Å². The lowest BCUT2D eigenvalue weighted by Crippen LogP contribution is -2.30. The van der Waals surface area contributed by atoms with E-state index in [9.17, 15) is 4.79 Å². The van der Waals surface area contributed by atoms with Gasteiger partial charge in [-0.15, -0.1) is 0 Å². The molecule has 0 aliphatic carbocycles. The Balaban J connectivity index is 2.94. The third-order valence-corrected chi connectivity index (χ3v) is 2.07. The minimum absolute atomic E-state index is 0.380. The van der Waals surface area contributed by atoms with Crippen LogP contribution in [0.3, 0.4) is 0 Å². The monoisotopic (exact) mass is 213 g/mol. The summed E-state index contributed by atoms with van der Waals surface area (Å²) in [5, 5.41) is 0.602. The molecule has 0 spiro atoms. The van der Waals surface area contributed by atoms with Crippen LogP contribution >= 0.6 is 11.6 Å². The van der Waals surface area contributed by atoms with Gasteiger partial charge in [-0.3, -0.25) is 4.90 Å². The number of rotatable bonds is 2. The fraction of sp³-hybridized carbons (Fsp3) is 0.300. The van der Waals surface area contributed by atoms with E-state index < -0.39 is 0 Å². The van der Waals surface area contributed by atoms with Crippen molar-refractivity contribution in [3.63, 3.8) is 0 Å². The molecule has 3 nitrogen and oxygen atoms in total. The normalized spacial score (nSPS) is 9.64. The van der Waals surface area contributed by atoms with Gasteiger partial charge in [-0.1, -0.05) is 17.7 Å². The summed E-state index contributed by atoms with van der Waals surface area (Å²) >= 11 is 5.81. The molecule has 14 heavy (non-hydrogen) atoms. The highest BCUT2D eigenvalue weighted by molar-refractivity contribution is 6.30. The molecule has 0 unspecified atom stereocenters. The Morgan fingerprint density at radius 1 is 1.57 bits per heavy atom. The van der Waals surface area contributed by atoms with Crippen LogP contribution in [-0.2, 0) is 4.74 Å². The molecule has 1 rings (SSSR count). The van der Waals surface area contributed by atoms with Crippen molar-refractivity contribution in [2.75, 3.05) is 18.6 Å². The van der Waals surface area contributed by atoms with Crippen LogP contribution in [-0.4, -0.2) is 19.7 Å². The first-order chi connectivity index (χ1) is 6.69. The van der Waals surface area contributed by atoms with E-state index >= 15 is 0 Å². The van der Waals surface area contributed by atoms with Crippen LogP contribution in [0.15, 0.2) is 24.3 Å². The first kappa shape index (κ1) is 10.9. The van der Waals surface area contributed by atoms with Crippen LogP contribution in [0.1, 0.15) is 6.92 Å². The zero-order chi connectivity index (χ0) is 10.6. The molecule has 0 saturated carbocycles. The number of halogens is 1. The van der Waals surface area contributed by atoms with Crippen molar-refractivity contribution < 1.29 is 9.53 Å². The Morgan fingerprint density at radius 2 is 2.29 bits per heavy atom. The first-order valence-electron chi connectivity index (χ1n) is 4.30. The Morgan fingerprint density at radius 3 is 2.79 bits per heavy atom. The van der Waals surface area contributed by atoms with E-state index in [-0.39, 0.29) is 6.09 Å². The van der Waals surface area contributed by atoms with Crippen LogP contribution < -0.4 is 4.90 Å². The van der Waals surface area contributed by atoms with Crippen molar-refractivity contribution in [1.82, 2.24) is 0 Å². The summed E-state index contributed by atoms with van der Waals surface area (Å²) in [6.45, 7) is 2.42. The van der Waals surface area contributed by atoms with E-state index in [0.717, 1.165) is 5.69 Å². The molecule has 0 atom stereocenters. The Labute approximate surface area is 88.2 Å². The maximum atomic E-state index is 11.3. The number of carbonyl (C=O) groups excluding carboxylic acids is 1. The second-order valence-corrected chi connectivity index (χ2v) is 3.13. The quantitative estimate of drug-likeness (QED) is 0.756. The number of benzene rings is 1. The highest BCUT2D eigenvalue weighted by Crippen LogP contribution is 2.19. The van der Waals surface area contributed by atoms with Crippen molar-refractivity contribution in [2.45, 2.75) is 6.92 Å². The topological polar surface area (TPSA) is 29.5 Å². The van der Waals surface area contributed by atoms with Gasteiger partial charge in [0.1, 0.15) is 0 Å². The molecule has 0 N–H and O–H groups in total. The maximum absolute atomic E-state index is 11.3. The van der Waals surface area contributed by atoms with Gasteiger partial charge in [0.05, 0.1) is 7.11 Å². The van der Waals surface area contributed by atoms with E-state index in [2.05, 4.69) is 4.74 Å². The van der Waals surface area contributed by atoms with Gasteiger partial charge in [0.2, 0.25) is 0 Å². The Bertz CT molecular complexity index is 328. The van der Waals surface area contributed by atoms with Gasteiger partial charge in [-0.2, -0.15) is 0 Å². The third-order valence-electron chi connectivity index (χ3n) is 1.83. The highest BCUT2D eigenvalue weighted by atomic mass is 35.5. The fourth-order valence-corrected chi connectivity index (χ4v) is 1.36. The highest BCUT2D eigenvalue weighted by Gasteiger charge is 2.13. The molecule has 1 amide bonds. The van der Waals surface area contributed by atoms with Crippen LogP contribution in [0.5, 0.6) is 0 Å². The number of nitrogens with zero attached hydrogens (tertiary/aromatic N) is 1. The molecular weight excluding hydrogens is 202 g/mol. The second kappa shape index (κ2) is 4.86. The first-order valence-corrected chi connectivity index (χ1v) is 4.68. The van der Waals surface area contributed by atoms with Crippen LogP contribution in [0.2, 0.25) is 5.02 Å². The number of carbonyl (C=O) groups is 1. The fourth-order valence-electron chi connectivity index (χ4n) is 1.17. The Hall–Kier alpha value is -1.22. The molecular formula is C10H12ClNO2. The average Bonchev–Trinajstić information content (AvgIpc) is 2.19. The molecule has 0 aliphatic rings. The Kier molecular flexibility index (Phi) is 3.77. The van der Waals surface area contributed by atoms with Crippen molar-refractivity contribution in [1.29, 1.82) is 0 Å². The standard InChI is InChI=1S/C10H12ClNO2/c1-3-12(10(13)14-2)9-6-4-5-8(11)7-9/h4-7H,3H2,1-2H3. The molecule has 1 aromatic rings. The minimum atomic E-state index is -0.380. The lowest BCUT2D eigenvalue weighted by Gasteiger charge is -2.19. The molecule has 0 saturated heterocycles. The number of methoxy groups -OCH3 is 1. The van der Waals surface area contributed by atoms with Gasteiger partial charge in [0, 0.05) is 17.3 Å². The van der Waals surface area contributed by atoms with Gasteiger partial charge in [-0.05, 0) is 25.1 Å². The van der Waals surface area contributed by atoms with Crippen LogP contribution in [0.25, 0.3) is 0 Å². The largest absolute Gasteiger partial charge is 0.452 e. The summed E-state index contributed by atoms with van der Waals surface area (Å²) in [7, 11) is 1.36. The van der Waals surface area contributed by atoms with Gasteiger partial charge in [0.25, 0.3) is 0 Å². The molecule has 4 heteroatoms. The maximum Gasteiger partial charge on any atom is 0.413 e. The lowest BCUT2D eigenvalue weighted by atomic mass is 10.3. The molecule has 0 radical (unpaired) electrons. The average molecular weight is 214 g/mol. The SMILES string of the molecule is CCN(C(=O)OC)c1cccc(Cl)c1. The predicted molar refractivity (Wildman–Crippen MR) is 56.9 cm³/mol. The zero-order valence-electron chi connectivity index (χ0n) is 8.16. The summed E-state index contributed by atoms with van der Waals surface area (Å²) in [6.07, 6.45) is -0.380. The lowest BCUT2D eigenvalue weighted by molar-refractivity contribution is 0.179. The number of amides is 1. The summed E-state index contributed by atoms with van der Waals surface area (Å²) in [5.41, 5.74) is 0.742. The van der Waals surface area contributed by atoms with E-state index in [0.29, 0.717) is 11.6 Å². The zero-order valence-corrected chi connectivity index (χ0v) is 8.91. The summed E-state index contributed by atoms with van der Waals surface area (Å²) in [5.74, 6) is 0. The van der Waals surface area contributed by atoms with Gasteiger partial charge in [0.15, 0.2) is 0 Å². The van der Waals surface area contributed by atoms with Gasteiger partial charge in [-0.25, -0.2) is 4.79 Å². The van der Waals surface area contributed by atoms with Gasteiger partial charge < -0.3 is 4.74 Å². The van der Waals surface area contributed by atoms with Crippen molar-refractivity contribution in [3.8, 4) is 0 Å². The molecule has 0 aliphatic heterocycles. The number of anilines is 1. The van der Waals surface area contributed by atoms with Crippen molar-refractivity contribution >= 4 is 23.4 Å². The van der Waals surface area contributed by atoms with E-state index in [1.54, 1.807) is 18.2 Å². The molecule has 1 aromatic carbocycles. The molecule has 0 fully saturated rings. The van der Waals surface area contributed by atoms with Crippen LogP contribution in [0, 0.1) is 0 Å². The third kappa shape index (κ3) is 2.39. The smallest absolute Gasteiger partial charge is 0.413 e. The number of hydrogen-bond donors (Lipinski definition) is 0. The van der Waals surface area contributed by atoms with Crippen molar-refractivity contribution in [2.24, 2.45) is 0 Å². The molecule has 0 bridgehead atoms. The molecule has 0 heterocycles. The number of hydrogen-bond acceptors (Lipinski definition) is 2. The van der Waals surface area contributed by atoms with Crippen molar-refractivity contribution in [3.05, 3.63) is 29.3 Å². The van der Waals surface area contributed by atoms with Gasteiger partial charge >= 0.3 is 6.09 Å². The number of ether oxygens (including phenoxy) is 1. The van der Waals surface area contributed by atoms with Crippen LogP contribution in [0.4, 0.5) is 10.5 Å². The molecule has 0 aromatic heterocycles. The van der Waals surface area contributed by atoms with E-state index in [1.807, 2.05) is 13.0 Å². The summed E-state index contributed by atoms with van der Waals surface area (Å²) < 4.78 is 4.64. The summed E-state index contributed by atoms with van der Waals surface area (Å²) in [6, 6.07) is 7.09.